The van der Waals surface area contributed by atoms with Crippen LogP contribution in [0.5, 0.6) is 5.75 Å². The molecule has 6 heteroatoms. The standard InChI is InChI=1S/C10H10ClNO3S/c1-15-10-3-2-9-7(4-5-12-9)8(10)6-16(11,13)14/h2-5,12H,6H2,1H3. The highest BCUT2D eigenvalue weighted by atomic mass is 35.7. The van der Waals surface area contributed by atoms with Crippen molar-refractivity contribution in [3.63, 3.8) is 0 Å². The number of hydrogen-bond acceptors (Lipinski definition) is 3. The highest BCUT2D eigenvalue weighted by Crippen LogP contribution is 2.29. The number of halogens is 1. The number of rotatable bonds is 3. The fourth-order valence-electron chi connectivity index (χ4n) is 1.69. The van der Waals surface area contributed by atoms with Crippen LogP contribution in [0.2, 0.25) is 0 Å². The Morgan fingerprint density at radius 1 is 1.38 bits per heavy atom. The molecule has 86 valence electrons. The predicted octanol–water partition coefficient (Wildman–Crippen LogP) is 2.25. The van der Waals surface area contributed by atoms with Crippen LogP contribution in [0.1, 0.15) is 5.56 Å². The number of nitrogens with one attached hydrogen (secondary N) is 1. The molecule has 2 rings (SSSR count). The van der Waals surface area contributed by atoms with Crippen LogP contribution >= 0.6 is 10.7 Å². The van der Waals surface area contributed by atoms with E-state index in [0.717, 1.165) is 10.9 Å². The summed E-state index contributed by atoms with van der Waals surface area (Å²) in [5.41, 5.74) is 1.44. The summed E-state index contributed by atoms with van der Waals surface area (Å²) in [6.45, 7) is 0. The third-order valence-electron chi connectivity index (χ3n) is 2.34. The quantitative estimate of drug-likeness (QED) is 0.860. The fraction of sp³-hybridized carbons (Fsp3) is 0.200. The Morgan fingerprint density at radius 2 is 2.12 bits per heavy atom. The van der Waals surface area contributed by atoms with Gasteiger partial charge in [-0.2, -0.15) is 0 Å². The van der Waals surface area contributed by atoms with E-state index in [1.54, 1.807) is 18.3 Å². The summed E-state index contributed by atoms with van der Waals surface area (Å²) in [5, 5.41) is 0.809. The molecule has 0 aliphatic rings. The van der Waals surface area contributed by atoms with Gasteiger partial charge in [0.15, 0.2) is 0 Å². The zero-order valence-corrected chi connectivity index (χ0v) is 10.1. The Bertz CT molecular complexity index is 618. The number of hydrogen-bond donors (Lipinski definition) is 1. The number of methoxy groups -OCH3 is 1. The van der Waals surface area contributed by atoms with Crippen molar-refractivity contribution in [1.82, 2.24) is 4.98 Å². The van der Waals surface area contributed by atoms with Gasteiger partial charge in [0.05, 0.1) is 12.9 Å². The Morgan fingerprint density at radius 3 is 2.75 bits per heavy atom. The average molecular weight is 260 g/mol. The molecular formula is C10H10ClNO3S. The molecule has 0 spiro atoms. The summed E-state index contributed by atoms with van der Waals surface area (Å²) in [7, 11) is 3.17. The van der Waals surface area contributed by atoms with E-state index in [-0.39, 0.29) is 5.75 Å². The Balaban J connectivity index is 2.66. The minimum Gasteiger partial charge on any atom is -0.496 e. The van der Waals surface area contributed by atoms with Crippen molar-refractivity contribution in [1.29, 1.82) is 0 Å². The van der Waals surface area contributed by atoms with E-state index >= 15 is 0 Å². The van der Waals surface area contributed by atoms with Gasteiger partial charge in [0, 0.05) is 33.3 Å². The van der Waals surface area contributed by atoms with Crippen LogP contribution in [0.3, 0.4) is 0 Å². The average Bonchev–Trinajstić information content (AvgIpc) is 2.64. The van der Waals surface area contributed by atoms with E-state index in [1.165, 1.54) is 7.11 Å². The zero-order valence-electron chi connectivity index (χ0n) is 8.53. The third-order valence-corrected chi connectivity index (χ3v) is 3.30. The lowest BCUT2D eigenvalue weighted by atomic mass is 10.1. The Labute approximate surface area is 97.6 Å². The smallest absolute Gasteiger partial charge is 0.236 e. The van der Waals surface area contributed by atoms with E-state index in [4.69, 9.17) is 15.4 Å². The molecule has 0 amide bonds. The van der Waals surface area contributed by atoms with E-state index in [0.29, 0.717) is 11.3 Å². The molecule has 16 heavy (non-hydrogen) atoms. The summed E-state index contributed by atoms with van der Waals surface area (Å²) in [6.07, 6.45) is 1.74. The number of aromatic amines is 1. The van der Waals surface area contributed by atoms with Crippen molar-refractivity contribution in [2.45, 2.75) is 5.75 Å². The summed E-state index contributed by atoms with van der Waals surface area (Å²) in [4.78, 5) is 3.00. The van der Waals surface area contributed by atoms with Gasteiger partial charge in [0.25, 0.3) is 0 Å². The summed E-state index contributed by atoms with van der Waals surface area (Å²) >= 11 is 0. The van der Waals surface area contributed by atoms with E-state index in [9.17, 15) is 8.42 Å². The molecule has 2 aromatic rings. The van der Waals surface area contributed by atoms with Gasteiger partial charge in [-0.05, 0) is 18.2 Å². The Hall–Kier alpha value is -1.20. The van der Waals surface area contributed by atoms with Gasteiger partial charge >= 0.3 is 0 Å². The molecule has 1 heterocycles. The molecule has 0 fully saturated rings. The number of ether oxygens (including phenoxy) is 1. The van der Waals surface area contributed by atoms with Crippen molar-refractivity contribution < 1.29 is 13.2 Å². The van der Waals surface area contributed by atoms with E-state index in [2.05, 4.69) is 4.98 Å². The number of fused-ring (bicyclic) bond motifs is 1. The lowest BCUT2D eigenvalue weighted by Crippen LogP contribution is -1.99. The molecule has 0 radical (unpaired) electrons. The Kier molecular flexibility index (Phi) is 2.82. The molecule has 0 atom stereocenters. The van der Waals surface area contributed by atoms with Crippen molar-refractivity contribution in [2.75, 3.05) is 7.11 Å². The van der Waals surface area contributed by atoms with Crippen LogP contribution < -0.4 is 4.74 Å². The first-order chi connectivity index (χ1) is 7.51. The van der Waals surface area contributed by atoms with Crippen molar-refractivity contribution in [3.05, 3.63) is 30.0 Å². The number of aromatic nitrogens is 1. The maximum absolute atomic E-state index is 11.1. The first kappa shape index (κ1) is 11.3. The molecule has 1 N–H and O–H groups in total. The molecule has 0 aliphatic carbocycles. The van der Waals surface area contributed by atoms with Crippen molar-refractivity contribution in [2.24, 2.45) is 0 Å². The minimum atomic E-state index is -3.60. The zero-order chi connectivity index (χ0) is 11.8. The van der Waals surface area contributed by atoms with Gasteiger partial charge in [-0.25, -0.2) is 8.42 Å². The highest BCUT2D eigenvalue weighted by molar-refractivity contribution is 8.13. The number of H-pyrrole nitrogens is 1. The van der Waals surface area contributed by atoms with Crippen LogP contribution in [0.25, 0.3) is 10.9 Å². The van der Waals surface area contributed by atoms with E-state index < -0.39 is 9.05 Å². The molecular weight excluding hydrogens is 250 g/mol. The van der Waals surface area contributed by atoms with Gasteiger partial charge in [-0.15, -0.1) is 0 Å². The second-order valence-corrected chi connectivity index (χ2v) is 6.15. The number of benzene rings is 1. The predicted molar refractivity (Wildman–Crippen MR) is 63.3 cm³/mol. The second kappa shape index (κ2) is 3.99. The monoisotopic (exact) mass is 259 g/mol. The first-order valence-corrected chi connectivity index (χ1v) is 7.04. The van der Waals surface area contributed by atoms with Crippen LogP contribution in [-0.4, -0.2) is 20.5 Å². The van der Waals surface area contributed by atoms with Gasteiger partial charge in [0.1, 0.15) is 5.75 Å². The summed E-state index contributed by atoms with van der Waals surface area (Å²) in [5.74, 6) is 0.281. The van der Waals surface area contributed by atoms with Crippen LogP contribution in [0.15, 0.2) is 24.4 Å². The van der Waals surface area contributed by atoms with Gasteiger partial charge in [0.2, 0.25) is 9.05 Å². The van der Waals surface area contributed by atoms with Crippen LogP contribution in [-0.2, 0) is 14.8 Å². The largest absolute Gasteiger partial charge is 0.496 e. The first-order valence-electron chi connectivity index (χ1n) is 4.56. The van der Waals surface area contributed by atoms with Gasteiger partial charge < -0.3 is 9.72 Å². The minimum absolute atomic E-state index is 0.243. The second-order valence-electron chi connectivity index (χ2n) is 3.37. The SMILES string of the molecule is COc1ccc2[nH]ccc2c1CS(=O)(=O)Cl. The molecule has 0 bridgehead atoms. The van der Waals surface area contributed by atoms with Crippen LogP contribution in [0, 0.1) is 0 Å². The molecule has 1 aromatic heterocycles. The molecule has 0 aliphatic heterocycles. The third kappa shape index (κ3) is 2.15. The summed E-state index contributed by atoms with van der Waals surface area (Å²) in [6, 6.07) is 5.35. The maximum Gasteiger partial charge on any atom is 0.236 e. The molecule has 0 saturated carbocycles. The van der Waals surface area contributed by atoms with Crippen LogP contribution in [0.4, 0.5) is 0 Å². The lowest BCUT2D eigenvalue weighted by molar-refractivity contribution is 0.412. The molecule has 0 unspecified atom stereocenters. The van der Waals surface area contributed by atoms with E-state index in [1.807, 2.05) is 6.07 Å². The highest BCUT2D eigenvalue weighted by Gasteiger charge is 2.15. The van der Waals surface area contributed by atoms with Crippen molar-refractivity contribution in [3.8, 4) is 5.75 Å². The molecule has 4 nitrogen and oxygen atoms in total. The van der Waals surface area contributed by atoms with Crippen molar-refractivity contribution >= 4 is 30.6 Å². The fourth-order valence-corrected chi connectivity index (χ4v) is 2.66. The molecule has 0 saturated heterocycles. The molecule has 1 aromatic carbocycles. The van der Waals surface area contributed by atoms with Gasteiger partial charge in [-0.3, -0.25) is 0 Å². The van der Waals surface area contributed by atoms with Gasteiger partial charge in [-0.1, -0.05) is 0 Å². The lowest BCUT2D eigenvalue weighted by Gasteiger charge is -2.08. The normalized spacial score (nSPS) is 11.9. The topological polar surface area (TPSA) is 59.2 Å². The maximum atomic E-state index is 11.1. The summed E-state index contributed by atoms with van der Waals surface area (Å²) < 4.78 is 27.4.